The van der Waals surface area contributed by atoms with E-state index in [0.717, 1.165) is 25.1 Å². The average molecular weight is 220 g/mol. The first-order valence-electron chi connectivity index (χ1n) is 5.49. The van der Waals surface area contributed by atoms with E-state index in [1.54, 1.807) is 4.57 Å². The molecular weight excluding hydrogens is 204 g/mol. The Kier molecular flexibility index (Phi) is 2.68. The number of aromatic nitrogens is 3. The number of H-pyrrole nitrogens is 1. The number of aromatic amines is 1. The molecule has 0 aliphatic carbocycles. The molecule has 0 bridgehead atoms. The Morgan fingerprint density at radius 1 is 1.56 bits per heavy atom. The third kappa shape index (κ3) is 1.58. The maximum Gasteiger partial charge on any atom is 0.264 e. The van der Waals surface area contributed by atoms with E-state index >= 15 is 0 Å². The molecule has 0 aromatic carbocycles. The molecule has 0 aliphatic heterocycles. The summed E-state index contributed by atoms with van der Waals surface area (Å²) in [4.78, 5) is 12.2. The van der Waals surface area contributed by atoms with Crippen molar-refractivity contribution in [1.82, 2.24) is 14.8 Å². The molecule has 2 heterocycles. The Morgan fingerprint density at radius 2 is 2.31 bits per heavy atom. The SMILES string of the molecule is CCCCn1c(C)cc2[nH]nc(N)c2c1=O. The summed E-state index contributed by atoms with van der Waals surface area (Å²) in [5, 5.41) is 7.12. The molecule has 0 radical (unpaired) electrons. The molecule has 5 heteroatoms. The zero-order valence-corrected chi connectivity index (χ0v) is 9.58. The van der Waals surface area contributed by atoms with Crippen LogP contribution < -0.4 is 11.3 Å². The number of unbranched alkanes of at least 4 members (excludes halogenated alkanes) is 1. The van der Waals surface area contributed by atoms with Crippen LogP contribution in [0.2, 0.25) is 0 Å². The molecule has 3 N–H and O–H groups in total. The average Bonchev–Trinajstić information content (AvgIpc) is 2.60. The number of pyridine rings is 1. The van der Waals surface area contributed by atoms with Crippen LogP contribution in [0.4, 0.5) is 5.82 Å². The largest absolute Gasteiger partial charge is 0.382 e. The smallest absolute Gasteiger partial charge is 0.264 e. The third-order valence-electron chi connectivity index (χ3n) is 2.80. The van der Waals surface area contributed by atoms with Crippen molar-refractivity contribution < 1.29 is 0 Å². The molecule has 2 aromatic heterocycles. The number of hydrogen-bond acceptors (Lipinski definition) is 3. The van der Waals surface area contributed by atoms with Crippen LogP contribution in [0.5, 0.6) is 0 Å². The van der Waals surface area contributed by atoms with Gasteiger partial charge >= 0.3 is 0 Å². The first-order valence-corrected chi connectivity index (χ1v) is 5.49. The van der Waals surface area contributed by atoms with E-state index in [2.05, 4.69) is 17.1 Å². The predicted molar refractivity (Wildman–Crippen MR) is 64.4 cm³/mol. The van der Waals surface area contributed by atoms with E-state index in [9.17, 15) is 4.79 Å². The van der Waals surface area contributed by atoms with E-state index in [1.165, 1.54) is 0 Å². The molecule has 0 fully saturated rings. The second-order valence-corrected chi connectivity index (χ2v) is 3.99. The van der Waals surface area contributed by atoms with Gasteiger partial charge in [-0.2, -0.15) is 5.10 Å². The van der Waals surface area contributed by atoms with Crippen molar-refractivity contribution in [2.75, 3.05) is 5.73 Å². The Morgan fingerprint density at radius 3 is 3.00 bits per heavy atom. The molecule has 0 spiro atoms. The molecule has 2 aromatic rings. The number of nitrogens with one attached hydrogen (secondary N) is 1. The summed E-state index contributed by atoms with van der Waals surface area (Å²) < 4.78 is 1.76. The van der Waals surface area contributed by atoms with Gasteiger partial charge in [-0.15, -0.1) is 0 Å². The topological polar surface area (TPSA) is 76.7 Å². The van der Waals surface area contributed by atoms with Crippen LogP contribution in [0, 0.1) is 6.92 Å². The van der Waals surface area contributed by atoms with Gasteiger partial charge in [0.05, 0.1) is 5.52 Å². The van der Waals surface area contributed by atoms with Crippen molar-refractivity contribution in [3.05, 3.63) is 22.1 Å². The molecule has 0 saturated carbocycles. The molecule has 86 valence electrons. The van der Waals surface area contributed by atoms with E-state index in [4.69, 9.17) is 5.73 Å². The third-order valence-corrected chi connectivity index (χ3v) is 2.80. The summed E-state index contributed by atoms with van der Waals surface area (Å²) in [6, 6.07) is 1.91. The highest BCUT2D eigenvalue weighted by Crippen LogP contribution is 2.14. The van der Waals surface area contributed by atoms with Gasteiger partial charge in [-0.05, 0) is 19.4 Å². The van der Waals surface area contributed by atoms with E-state index in [1.807, 2.05) is 13.0 Å². The van der Waals surface area contributed by atoms with Crippen LogP contribution in [-0.4, -0.2) is 14.8 Å². The fourth-order valence-electron chi connectivity index (χ4n) is 1.88. The van der Waals surface area contributed by atoms with Gasteiger partial charge in [0.2, 0.25) is 0 Å². The Balaban J connectivity index is 2.64. The summed E-state index contributed by atoms with van der Waals surface area (Å²) in [6.07, 6.45) is 2.05. The second kappa shape index (κ2) is 4.00. The molecule has 5 nitrogen and oxygen atoms in total. The van der Waals surface area contributed by atoms with Crippen molar-refractivity contribution >= 4 is 16.7 Å². The Bertz CT molecular complexity index is 567. The molecule has 0 atom stereocenters. The summed E-state index contributed by atoms with van der Waals surface area (Å²) in [7, 11) is 0. The Hall–Kier alpha value is -1.78. The van der Waals surface area contributed by atoms with Crippen LogP contribution in [0.25, 0.3) is 10.9 Å². The van der Waals surface area contributed by atoms with Gasteiger partial charge in [-0.25, -0.2) is 0 Å². The first-order chi connectivity index (χ1) is 7.65. The van der Waals surface area contributed by atoms with Gasteiger partial charge < -0.3 is 10.3 Å². The zero-order chi connectivity index (χ0) is 11.7. The lowest BCUT2D eigenvalue weighted by atomic mass is 10.2. The van der Waals surface area contributed by atoms with E-state index < -0.39 is 0 Å². The molecule has 2 rings (SSSR count). The number of aryl methyl sites for hydroxylation is 1. The Labute approximate surface area is 93.3 Å². The lowest BCUT2D eigenvalue weighted by molar-refractivity contribution is 0.603. The van der Waals surface area contributed by atoms with Crippen molar-refractivity contribution in [1.29, 1.82) is 0 Å². The number of nitrogens with two attached hydrogens (primary N) is 1. The van der Waals surface area contributed by atoms with Crippen molar-refractivity contribution in [3.63, 3.8) is 0 Å². The number of anilines is 1. The van der Waals surface area contributed by atoms with Crippen LogP contribution in [0.1, 0.15) is 25.5 Å². The van der Waals surface area contributed by atoms with Crippen LogP contribution in [0.3, 0.4) is 0 Å². The highest BCUT2D eigenvalue weighted by atomic mass is 16.1. The van der Waals surface area contributed by atoms with Gasteiger partial charge in [0, 0.05) is 12.2 Å². The summed E-state index contributed by atoms with van der Waals surface area (Å²) >= 11 is 0. The highest BCUT2D eigenvalue weighted by Gasteiger charge is 2.11. The van der Waals surface area contributed by atoms with Crippen LogP contribution >= 0.6 is 0 Å². The fourth-order valence-corrected chi connectivity index (χ4v) is 1.88. The highest BCUT2D eigenvalue weighted by molar-refractivity contribution is 5.87. The minimum atomic E-state index is -0.0466. The normalized spacial score (nSPS) is 11.1. The van der Waals surface area contributed by atoms with Crippen LogP contribution in [0.15, 0.2) is 10.9 Å². The molecule has 0 amide bonds. The second-order valence-electron chi connectivity index (χ2n) is 3.99. The minimum absolute atomic E-state index is 0.0466. The fraction of sp³-hybridized carbons (Fsp3) is 0.455. The molecular formula is C11H16N4O. The number of rotatable bonds is 3. The van der Waals surface area contributed by atoms with Crippen molar-refractivity contribution in [2.24, 2.45) is 0 Å². The lowest BCUT2D eigenvalue weighted by Gasteiger charge is -2.09. The van der Waals surface area contributed by atoms with Gasteiger partial charge in [-0.3, -0.25) is 9.89 Å². The first kappa shape index (κ1) is 10.7. The predicted octanol–water partition coefficient (Wildman–Crippen LogP) is 1.42. The molecule has 16 heavy (non-hydrogen) atoms. The molecule has 0 saturated heterocycles. The standard InChI is InChI=1S/C11H16N4O/c1-3-4-5-15-7(2)6-8-9(11(15)16)10(12)14-13-8/h6H,3-5H2,1-2H3,(H3,12,13,14). The molecule has 0 unspecified atom stereocenters. The number of hydrogen-bond donors (Lipinski definition) is 2. The van der Waals surface area contributed by atoms with Gasteiger partial charge in [0.25, 0.3) is 5.56 Å². The number of fused-ring (bicyclic) bond motifs is 1. The van der Waals surface area contributed by atoms with Crippen molar-refractivity contribution in [3.8, 4) is 0 Å². The maximum absolute atomic E-state index is 12.2. The summed E-state index contributed by atoms with van der Waals surface area (Å²) in [5.74, 6) is 0.283. The van der Waals surface area contributed by atoms with Gasteiger partial charge in [0.15, 0.2) is 5.82 Å². The van der Waals surface area contributed by atoms with Gasteiger partial charge in [-0.1, -0.05) is 13.3 Å². The van der Waals surface area contributed by atoms with E-state index in [0.29, 0.717) is 10.9 Å². The van der Waals surface area contributed by atoms with Gasteiger partial charge in [0.1, 0.15) is 5.39 Å². The lowest BCUT2D eigenvalue weighted by Crippen LogP contribution is -2.22. The zero-order valence-electron chi connectivity index (χ0n) is 9.58. The molecule has 0 aliphatic rings. The van der Waals surface area contributed by atoms with Crippen molar-refractivity contribution in [2.45, 2.75) is 33.2 Å². The quantitative estimate of drug-likeness (QED) is 0.821. The van der Waals surface area contributed by atoms with Crippen LogP contribution in [-0.2, 0) is 6.54 Å². The maximum atomic E-state index is 12.2. The minimum Gasteiger partial charge on any atom is -0.382 e. The van der Waals surface area contributed by atoms with E-state index in [-0.39, 0.29) is 11.4 Å². The number of nitrogen functional groups attached to an aromatic ring is 1. The number of nitrogens with zero attached hydrogens (tertiary/aromatic N) is 2. The summed E-state index contributed by atoms with van der Waals surface area (Å²) in [5.41, 5.74) is 7.28. The summed E-state index contributed by atoms with van der Waals surface area (Å²) in [6.45, 7) is 4.76. The monoisotopic (exact) mass is 220 g/mol.